The number of nitrogens with zero attached hydrogens (tertiary/aromatic N) is 2. The predicted molar refractivity (Wildman–Crippen MR) is 166 cm³/mol. The van der Waals surface area contributed by atoms with Gasteiger partial charge < -0.3 is 19.7 Å². The lowest BCUT2D eigenvalue weighted by Crippen LogP contribution is -2.53. The summed E-state index contributed by atoms with van der Waals surface area (Å²) in [6.45, 7) is 3.76. The first-order chi connectivity index (χ1) is 19.9. The Bertz CT molecular complexity index is 1470. The number of hydrogen-bond acceptors (Lipinski definition) is 6. The van der Waals surface area contributed by atoms with Gasteiger partial charge in [-0.2, -0.15) is 0 Å². The Morgan fingerprint density at radius 2 is 1.62 bits per heavy atom. The van der Waals surface area contributed by atoms with Crippen molar-refractivity contribution in [3.05, 3.63) is 88.9 Å². The normalized spacial score (nSPS) is 12.0. The van der Waals surface area contributed by atoms with Gasteiger partial charge in [-0.1, -0.05) is 74.0 Å². The van der Waals surface area contributed by atoms with Gasteiger partial charge in [0.15, 0.2) is 0 Å². The van der Waals surface area contributed by atoms with E-state index < -0.39 is 28.5 Å². The first-order valence-electron chi connectivity index (χ1n) is 13.5. The molecule has 1 N–H and O–H groups in total. The molecule has 0 saturated heterocycles. The number of ether oxygens (including phenoxy) is 2. The highest BCUT2D eigenvalue weighted by Crippen LogP contribution is 2.34. The molecule has 3 aromatic rings. The quantitative estimate of drug-likeness (QED) is 0.286. The molecule has 11 heteroatoms. The molecule has 0 fully saturated rings. The van der Waals surface area contributed by atoms with E-state index >= 15 is 0 Å². The van der Waals surface area contributed by atoms with E-state index in [9.17, 15) is 18.0 Å². The maximum atomic E-state index is 14.2. The van der Waals surface area contributed by atoms with Gasteiger partial charge in [-0.15, -0.1) is 0 Å². The molecule has 0 saturated carbocycles. The summed E-state index contributed by atoms with van der Waals surface area (Å²) in [6.07, 6.45) is 1.22. The molecule has 0 aromatic heterocycles. The molecule has 3 rings (SSSR count). The van der Waals surface area contributed by atoms with Crippen LogP contribution >= 0.6 is 11.6 Å². The first-order valence-corrected chi connectivity index (χ1v) is 15.7. The van der Waals surface area contributed by atoms with E-state index in [1.165, 1.54) is 25.2 Å². The lowest BCUT2D eigenvalue weighted by atomic mass is 10.0. The van der Waals surface area contributed by atoms with Crippen molar-refractivity contribution in [2.45, 2.75) is 32.9 Å². The molecule has 9 nitrogen and oxygen atoms in total. The third-order valence-corrected chi connectivity index (χ3v) is 8.08. The number of halogens is 1. The second-order valence-electron chi connectivity index (χ2n) is 10.3. The number of methoxy groups -OCH3 is 2. The molecule has 226 valence electrons. The molecule has 3 aromatic carbocycles. The Labute approximate surface area is 253 Å². The number of sulfonamides is 1. The fourth-order valence-corrected chi connectivity index (χ4v) is 5.41. The molecule has 0 aliphatic carbocycles. The van der Waals surface area contributed by atoms with Crippen LogP contribution < -0.4 is 19.1 Å². The van der Waals surface area contributed by atoms with Crippen LogP contribution in [0.25, 0.3) is 0 Å². The maximum absolute atomic E-state index is 14.2. The minimum absolute atomic E-state index is 0.0159. The van der Waals surface area contributed by atoms with Gasteiger partial charge in [0.25, 0.3) is 0 Å². The highest BCUT2D eigenvalue weighted by atomic mass is 35.5. The number of benzene rings is 3. The molecule has 0 aliphatic heterocycles. The molecular formula is C31H38ClN3O6S. The molecule has 2 amide bonds. The average molecular weight is 616 g/mol. The van der Waals surface area contributed by atoms with Gasteiger partial charge in [0, 0.05) is 30.6 Å². The summed E-state index contributed by atoms with van der Waals surface area (Å²) in [5, 5.41) is 3.37. The van der Waals surface area contributed by atoms with E-state index in [-0.39, 0.29) is 36.2 Å². The zero-order chi connectivity index (χ0) is 30.9. The lowest BCUT2D eigenvalue weighted by molar-refractivity contribution is -0.140. The largest absolute Gasteiger partial charge is 0.497 e. The zero-order valence-electron chi connectivity index (χ0n) is 24.5. The van der Waals surface area contributed by atoms with Crippen LogP contribution in [0.1, 0.15) is 25.0 Å². The highest BCUT2D eigenvalue weighted by Gasteiger charge is 2.34. The Hall–Kier alpha value is -3.76. The molecule has 1 atom stereocenters. The van der Waals surface area contributed by atoms with Crippen LogP contribution in [0.5, 0.6) is 11.5 Å². The monoisotopic (exact) mass is 615 g/mol. The van der Waals surface area contributed by atoms with Gasteiger partial charge in [-0.05, 0) is 35.2 Å². The van der Waals surface area contributed by atoms with E-state index in [2.05, 4.69) is 5.32 Å². The zero-order valence-corrected chi connectivity index (χ0v) is 26.1. The molecule has 0 heterocycles. The van der Waals surface area contributed by atoms with E-state index in [4.69, 9.17) is 21.1 Å². The first kappa shape index (κ1) is 32.8. The van der Waals surface area contributed by atoms with Crippen LogP contribution in [0.15, 0.2) is 72.8 Å². The number of carbonyl (C=O) groups is 2. The number of carbonyl (C=O) groups excluding carboxylic acids is 2. The summed E-state index contributed by atoms with van der Waals surface area (Å²) in [6, 6.07) is 20.1. The van der Waals surface area contributed by atoms with Crippen molar-refractivity contribution in [2.24, 2.45) is 5.92 Å². The summed E-state index contributed by atoms with van der Waals surface area (Å²) in [5.41, 5.74) is 1.59. The minimum Gasteiger partial charge on any atom is -0.497 e. The molecule has 1 unspecified atom stereocenters. The van der Waals surface area contributed by atoms with Crippen molar-refractivity contribution < 1.29 is 27.5 Å². The fraction of sp³-hybridized carbons (Fsp3) is 0.355. The number of anilines is 1. The van der Waals surface area contributed by atoms with E-state index in [1.54, 1.807) is 36.4 Å². The van der Waals surface area contributed by atoms with Crippen LogP contribution in [0.3, 0.4) is 0 Å². The van der Waals surface area contributed by atoms with Crippen LogP contribution in [0.2, 0.25) is 5.02 Å². The van der Waals surface area contributed by atoms with E-state index in [0.717, 1.165) is 16.1 Å². The van der Waals surface area contributed by atoms with Crippen LogP contribution in [-0.4, -0.2) is 64.7 Å². The van der Waals surface area contributed by atoms with Crippen LogP contribution in [0.4, 0.5) is 5.69 Å². The average Bonchev–Trinajstić information content (AvgIpc) is 2.96. The number of amides is 2. The molecular weight excluding hydrogens is 578 g/mol. The standard InChI is InChI=1S/C31H38ClN3O6S/c1-22(2)19-33-31(37)28(17-23-11-7-6-8-12-23)34(20-24-13-9-10-14-26(24)32)30(36)21-35(42(5,38)39)27-18-25(40-3)15-16-29(27)41-4/h6-16,18,22,28H,17,19-21H2,1-5H3,(H,33,37). The predicted octanol–water partition coefficient (Wildman–Crippen LogP) is 4.54. The second-order valence-corrected chi connectivity index (χ2v) is 12.6. The Kier molecular flexibility index (Phi) is 11.6. The lowest BCUT2D eigenvalue weighted by Gasteiger charge is -2.34. The number of nitrogens with one attached hydrogen (secondary N) is 1. The van der Waals surface area contributed by atoms with Crippen molar-refractivity contribution in [3.8, 4) is 11.5 Å². The molecule has 0 aliphatic rings. The summed E-state index contributed by atoms with van der Waals surface area (Å²) < 4.78 is 37.9. The fourth-order valence-electron chi connectivity index (χ4n) is 4.37. The van der Waals surface area contributed by atoms with Crippen molar-refractivity contribution in [2.75, 3.05) is 37.9 Å². The minimum atomic E-state index is -3.99. The Balaban J connectivity index is 2.11. The maximum Gasteiger partial charge on any atom is 0.244 e. The smallest absolute Gasteiger partial charge is 0.244 e. The van der Waals surface area contributed by atoms with E-state index in [0.29, 0.717) is 22.9 Å². The van der Waals surface area contributed by atoms with Crippen molar-refractivity contribution in [1.82, 2.24) is 10.2 Å². The second kappa shape index (κ2) is 14.9. The van der Waals surface area contributed by atoms with Gasteiger partial charge in [-0.25, -0.2) is 8.42 Å². The number of rotatable bonds is 14. The van der Waals surface area contributed by atoms with Gasteiger partial charge in [0.2, 0.25) is 21.8 Å². The van der Waals surface area contributed by atoms with Gasteiger partial charge >= 0.3 is 0 Å². The summed E-state index contributed by atoms with van der Waals surface area (Å²) in [7, 11) is -1.12. The van der Waals surface area contributed by atoms with Gasteiger partial charge in [0.05, 0.1) is 26.2 Å². The third-order valence-electron chi connectivity index (χ3n) is 6.59. The highest BCUT2D eigenvalue weighted by molar-refractivity contribution is 7.92. The molecule has 0 bridgehead atoms. The number of hydrogen-bond donors (Lipinski definition) is 1. The van der Waals surface area contributed by atoms with Crippen molar-refractivity contribution >= 4 is 39.1 Å². The topological polar surface area (TPSA) is 105 Å². The summed E-state index contributed by atoms with van der Waals surface area (Å²) >= 11 is 6.49. The molecule has 42 heavy (non-hydrogen) atoms. The van der Waals surface area contributed by atoms with Crippen molar-refractivity contribution in [3.63, 3.8) is 0 Å². The van der Waals surface area contributed by atoms with Gasteiger partial charge in [0.1, 0.15) is 24.1 Å². The van der Waals surface area contributed by atoms with Crippen molar-refractivity contribution in [1.29, 1.82) is 0 Å². The summed E-state index contributed by atoms with van der Waals surface area (Å²) in [5.74, 6) is -0.138. The molecule has 0 radical (unpaired) electrons. The SMILES string of the molecule is COc1ccc(OC)c(N(CC(=O)N(Cc2ccccc2Cl)C(Cc2ccccc2)C(=O)NCC(C)C)S(C)(=O)=O)c1. The van der Waals surface area contributed by atoms with E-state index in [1.807, 2.05) is 44.2 Å². The summed E-state index contributed by atoms with van der Waals surface area (Å²) in [4.78, 5) is 29.3. The van der Waals surface area contributed by atoms with Crippen LogP contribution in [0, 0.1) is 5.92 Å². The van der Waals surface area contributed by atoms with Gasteiger partial charge in [-0.3, -0.25) is 13.9 Å². The Morgan fingerprint density at radius 3 is 2.21 bits per heavy atom. The molecule has 0 spiro atoms. The Morgan fingerprint density at radius 1 is 0.952 bits per heavy atom. The third kappa shape index (κ3) is 8.87. The van der Waals surface area contributed by atoms with Crippen LogP contribution in [-0.2, 0) is 32.6 Å².